The number of amides is 4. The van der Waals surface area contributed by atoms with Crippen molar-refractivity contribution >= 4 is 46.7 Å². The number of anilines is 1. The number of rotatable bonds is 4. The van der Waals surface area contributed by atoms with Crippen LogP contribution in [0.25, 0.3) is 0 Å². The molecule has 0 bridgehead atoms. The number of imide groups is 1. The Hall–Kier alpha value is -2.64. The second kappa shape index (κ2) is 7.17. The molecule has 1 heterocycles. The monoisotopic (exact) mass is 409 g/mol. The Morgan fingerprint density at radius 3 is 2.52 bits per heavy atom. The number of nitrogens with one attached hydrogen (secondary N) is 2. The smallest absolute Gasteiger partial charge is 0.323 e. The molecule has 0 aliphatic carbocycles. The topological polar surface area (TPSA) is 78.5 Å². The Morgan fingerprint density at radius 2 is 1.85 bits per heavy atom. The Morgan fingerprint density at radius 1 is 1.19 bits per heavy atom. The van der Waals surface area contributed by atoms with E-state index in [4.69, 9.17) is 23.2 Å². The molecule has 1 fully saturated rings. The van der Waals surface area contributed by atoms with Crippen molar-refractivity contribution < 1.29 is 18.8 Å². The summed E-state index contributed by atoms with van der Waals surface area (Å²) in [5, 5.41) is 5.69. The molecule has 0 unspecified atom stereocenters. The van der Waals surface area contributed by atoms with Gasteiger partial charge in [0.25, 0.3) is 5.91 Å². The molecule has 2 aromatic carbocycles. The molecule has 1 aliphatic rings. The highest BCUT2D eigenvalue weighted by Crippen LogP contribution is 2.29. The molecule has 1 atom stereocenters. The van der Waals surface area contributed by atoms with Crippen molar-refractivity contribution in [1.82, 2.24) is 10.2 Å². The van der Waals surface area contributed by atoms with Gasteiger partial charge >= 0.3 is 6.03 Å². The van der Waals surface area contributed by atoms with Crippen LogP contribution in [-0.2, 0) is 15.1 Å². The second-order valence-corrected chi connectivity index (χ2v) is 6.97. The fourth-order valence-electron chi connectivity index (χ4n) is 2.75. The average Bonchev–Trinajstić information content (AvgIpc) is 2.83. The summed E-state index contributed by atoms with van der Waals surface area (Å²) in [5.41, 5.74) is -0.718. The average molecular weight is 410 g/mol. The molecule has 1 saturated heterocycles. The van der Waals surface area contributed by atoms with Gasteiger partial charge in [0.05, 0.1) is 10.7 Å². The van der Waals surface area contributed by atoms with E-state index in [2.05, 4.69) is 10.6 Å². The van der Waals surface area contributed by atoms with Gasteiger partial charge in [-0.15, -0.1) is 0 Å². The van der Waals surface area contributed by atoms with Crippen LogP contribution in [0.2, 0.25) is 10.0 Å². The number of urea groups is 1. The lowest BCUT2D eigenvalue weighted by Crippen LogP contribution is -2.42. The first kappa shape index (κ1) is 19.1. The first-order valence-electron chi connectivity index (χ1n) is 7.86. The van der Waals surface area contributed by atoms with E-state index in [9.17, 15) is 18.8 Å². The number of halogens is 3. The Balaban J connectivity index is 1.76. The Labute approximate surface area is 164 Å². The zero-order valence-corrected chi connectivity index (χ0v) is 15.6. The van der Waals surface area contributed by atoms with Crippen LogP contribution in [0.3, 0.4) is 0 Å². The Kier molecular flexibility index (Phi) is 5.08. The summed E-state index contributed by atoms with van der Waals surface area (Å²) in [4.78, 5) is 38.1. The summed E-state index contributed by atoms with van der Waals surface area (Å²) < 4.78 is 13.1. The third kappa shape index (κ3) is 3.74. The van der Waals surface area contributed by atoms with Gasteiger partial charge in [0.15, 0.2) is 0 Å². The molecule has 2 aromatic rings. The van der Waals surface area contributed by atoms with E-state index >= 15 is 0 Å². The molecular weight excluding hydrogens is 396 g/mol. The molecule has 3 rings (SSSR count). The van der Waals surface area contributed by atoms with Gasteiger partial charge in [0.2, 0.25) is 5.91 Å². The Bertz CT molecular complexity index is 936. The molecule has 0 saturated carbocycles. The maximum Gasteiger partial charge on any atom is 0.325 e. The van der Waals surface area contributed by atoms with Crippen molar-refractivity contribution in [1.29, 1.82) is 0 Å². The number of hydrogen-bond acceptors (Lipinski definition) is 3. The van der Waals surface area contributed by atoms with E-state index < -0.39 is 35.7 Å². The van der Waals surface area contributed by atoms with E-state index in [1.54, 1.807) is 6.07 Å². The minimum absolute atomic E-state index is 0.265. The highest BCUT2D eigenvalue weighted by atomic mass is 35.5. The summed E-state index contributed by atoms with van der Waals surface area (Å²) in [6.45, 7) is 0.983. The van der Waals surface area contributed by atoms with Crippen molar-refractivity contribution in [3.8, 4) is 0 Å². The number of carbonyl (C=O) groups is 3. The molecule has 1 aliphatic heterocycles. The van der Waals surface area contributed by atoms with Crippen LogP contribution in [0.5, 0.6) is 0 Å². The van der Waals surface area contributed by atoms with E-state index in [-0.39, 0.29) is 10.7 Å². The number of benzene rings is 2. The molecule has 4 amide bonds. The lowest BCUT2D eigenvalue weighted by Gasteiger charge is -2.22. The van der Waals surface area contributed by atoms with Gasteiger partial charge in [0, 0.05) is 5.02 Å². The SMILES string of the molecule is C[C@]1(c2ccc(F)cc2)NC(=O)N(CC(=O)Nc2cc(Cl)ccc2Cl)C1=O. The van der Waals surface area contributed by atoms with Gasteiger partial charge in [-0.3, -0.25) is 14.5 Å². The first-order valence-corrected chi connectivity index (χ1v) is 8.61. The lowest BCUT2D eigenvalue weighted by atomic mass is 9.92. The van der Waals surface area contributed by atoms with Gasteiger partial charge in [-0.25, -0.2) is 9.18 Å². The zero-order chi connectivity index (χ0) is 19.8. The highest BCUT2D eigenvalue weighted by Gasteiger charge is 2.49. The van der Waals surface area contributed by atoms with Gasteiger partial charge in [0.1, 0.15) is 17.9 Å². The van der Waals surface area contributed by atoms with Crippen LogP contribution in [0.15, 0.2) is 42.5 Å². The third-order valence-electron chi connectivity index (χ3n) is 4.20. The molecule has 6 nitrogen and oxygen atoms in total. The highest BCUT2D eigenvalue weighted by molar-refractivity contribution is 6.35. The van der Waals surface area contributed by atoms with Crippen LogP contribution in [-0.4, -0.2) is 29.3 Å². The molecule has 140 valence electrons. The van der Waals surface area contributed by atoms with Crippen molar-refractivity contribution in [2.45, 2.75) is 12.5 Å². The van der Waals surface area contributed by atoms with Crippen LogP contribution in [0.1, 0.15) is 12.5 Å². The second-order valence-electron chi connectivity index (χ2n) is 6.13. The molecular formula is C18H14Cl2FN3O3. The first-order chi connectivity index (χ1) is 12.7. The van der Waals surface area contributed by atoms with E-state index in [0.717, 1.165) is 4.90 Å². The molecule has 2 N–H and O–H groups in total. The summed E-state index contributed by atoms with van der Waals surface area (Å²) >= 11 is 11.9. The minimum Gasteiger partial charge on any atom is -0.323 e. The summed E-state index contributed by atoms with van der Waals surface area (Å²) in [7, 11) is 0. The summed E-state index contributed by atoms with van der Waals surface area (Å²) in [5.74, 6) is -1.70. The normalized spacial score (nSPS) is 19.2. The predicted molar refractivity (Wildman–Crippen MR) is 99.1 cm³/mol. The standard InChI is InChI=1S/C18H14Cl2FN3O3/c1-18(10-2-5-12(21)6-3-10)16(26)24(17(27)23-18)9-15(25)22-14-8-11(19)4-7-13(14)20/h2-8H,9H2,1H3,(H,22,25)(H,23,27)/t18-/m1/s1. The van der Waals surface area contributed by atoms with Crippen LogP contribution >= 0.6 is 23.2 Å². The van der Waals surface area contributed by atoms with Crippen LogP contribution in [0, 0.1) is 5.82 Å². The van der Waals surface area contributed by atoms with Crippen molar-refractivity contribution in [3.05, 3.63) is 63.9 Å². The molecule has 0 radical (unpaired) electrons. The summed E-state index contributed by atoms with van der Waals surface area (Å²) in [6, 6.07) is 9.00. The van der Waals surface area contributed by atoms with E-state index in [1.807, 2.05) is 0 Å². The maximum absolute atomic E-state index is 13.1. The lowest BCUT2D eigenvalue weighted by molar-refractivity contribution is -0.133. The van der Waals surface area contributed by atoms with E-state index in [0.29, 0.717) is 10.6 Å². The largest absolute Gasteiger partial charge is 0.325 e. The molecule has 0 aromatic heterocycles. The van der Waals surface area contributed by atoms with Crippen LogP contribution < -0.4 is 10.6 Å². The number of carbonyl (C=O) groups excluding carboxylic acids is 3. The number of nitrogens with zero attached hydrogens (tertiary/aromatic N) is 1. The minimum atomic E-state index is -1.39. The van der Waals surface area contributed by atoms with Gasteiger partial charge < -0.3 is 10.6 Å². The zero-order valence-electron chi connectivity index (χ0n) is 14.1. The quantitative estimate of drug-likeness (QED) is 0.757. The van der Waals surface area contributed by atoms with Gasteiger partial charge in [-0.05, 0) is 42.8 Å². The van der Waals surface area contributed by atoms with Crippen molar-refractivity contribution in [2.24, 2.45) is 0 Å². The van der Waals surface area contributed by atoms with Gasteiger partial charge in [-0.1, -0.05) is 35.3 Å². The fourth-order valence-corrected chi connectivity index (χ4v) is 3.08. The molecule has 0 spiro atoms. The number of hydrogen-bond donors (Lipinski definition) is 2. The van der Waals surface area contributed by atoms with Crippen molar-refractivity contribution in [3.63, 3.8) is 0 Å². The summed E-state index contributed by atoms with van der Waals surface area (Å²) in [6.07, 6.45) is 0. The predicted octanol–water partition coefficient (Wildman–Crippen LogP) is 3.54. The molecule has 9 heteroatoms. The third-order valence-corrected chi connectivity index (χ3v) is 4.77. The molecule has 27 heavy (non-hydrogen) atoms. The van der Waals surface area contributed by atoms with Crippen LogP contribution in [0.4, 0.5) is 14.9 Å². The maximum atomic E-state index is 13.1. The van der Waals surface area contributed by atoms with Gasteiger partial charge in [-0.2, -0.15) is 0 Å². The van der Waals surface area contributed by atoms with Crippen molar-refractivity contribution in [2.75, 3.05) is 11.9 Å². The van der Waals surface area contributed by atoms with E-state index in [1.165, 1.54) is 43.3 Å². The fraction of sp³-hybridized carbons (Fsp3) is 0.167.